The Morgan fingerprint density at radius 3 is 2.88 bits per heavy atom. The molecule has 0 saturated carbocycles. The van der Waals surface area contributed by atoms with Gasteiger partial charge in [-0.3, -0.25) is 9.89 Å². The second-order valence-electron chi connectivity index (χ2n) is 3.28. The van der Waals surface area contributed by atoms with Crippen LogP contribution >= 0.6 is 11.6 Å². The van der Waals surface area contributed by atoms with Crippen molar-refractivity contribution in [2.75, 3.05) is 11.1 Å². The van der Waals surface area contributed by atoms with Crippen LogP contribution in [0.3, 0.4) is 0 Å². The third-order valence-corrected chi connectivity index (χ3v) is 2.40. The van der Waals surface area contributed by atoms with Crippen molar-refractivity contribution in [3.8, 4) is 0 Å². The van der Waals surface area contributed by atoms with E-state index in [2.05, 4.69) is 15.5 Å². The first-order valence-corrected chi connectivity index (χ1v) is 5.01. The van der Waals surface area contributed by atoms with Crippen LogP contribution < -0.4 is 11.1 Å². The van der Waals surface area contributed by atoms with Crippen molar-refractivity contribution in [3.63, 3.8) is 0 Å². The van der Waals surface area contributed by atoms with E-state index in [1.54, 1.807) is 0 Å². The number of carbonyl (C=O) groups is 1. The van der Waals surface area contributed by atoms with Crippen molar-refractivity contribution < 1.29 is 9.18 Å². The van der Waals surface area contributed by atoms with Gasteiger partial charge in [0.2, 0.25) is 0 Å². The van der Waals surface area contributed by atoms with E-state index < -0.39 is 11.7 Å². The molecular weight excluding hydrogens is 247 g/mol. The van der Waals surface area contributed by atoms with Gasteiger partial charge in [-0.25, -0.2) is 4.39 Å². The van der Waals surface area contributed by atoms with Crippen LogP contribution in [0, 0.1) is 5.82 Å². The fraction of sp³-hybridized carbons (Fsp3) is 0. The first kappa shape index (κ1) is 11.4. The molecule has 0 aliphatic heterocycles. The van der Waals surface area contributed by atoms with Crippen LogP contribution in [-0.4, -0.2) is 16.1 Å². The lowest BCUT2D eigenvalue weighted by Crippen LogP contribution is -2.13. The molecule has 0 saturated heterocycles. The molecule has 2 aromatic rings. The number of halogens is 2. The van der Waals surface area contributed by atoms with Crippen LogP contribution in [0.1, 0.15) is 10.4 Å². The van der Waals surface area contributed by atoms with Crippen LogP contribution in [-0.2, 0) is 0 Å². The molecule has 2 rings (SSSR count). The van der Waals surface area contributed by atoms with E-state index in [4.69, 9.17) is 17.3 Å². The van der Waals surface area contributed by atoms with Crippen molar-refractivity contribution in [3.05, 3.63) is 40.8 Å². The topological polar surface area (TPSA) is 83.8 Å². The summed E-state index contributed by atoms with van der Waals surface area (Å²) < 4.78 is 13.1. The highest BCUT2D eigenvalue weighted by atomic mass is 35.5. The average molecular weight is 255 g/mol. The smallest absolute Gasteiger partial charge is 0.256 e. The predicted molar refractivity (Wildman–Crippen MR) is 62.4 cm³/mol. The van der Waals surface area contributed by atoms with Gasteiger partial charge in [-0.05, 0) is 18.2 Å². The number of nitrogens with one attached hydrogen (secondary N) is 2. The van der Waals surface area contributed by atoms with Gasteiger partial charge in [-0.15, -0.1) is 0 Å². The van der Waals surface area contributed by atoms with E-state index in [1.165, 1.54) is 18.3 Å². The maximum Gasteiger partial charge on any atom is 0.256 e. The van der Waals surface area contributed by atoms with Gasteiger partial charge in [-0.2, -0.15) is 5.10 Å². The first-order chi connectivity index (χ1) is 8.08. The monoisotopic (exact) mass is 254 g/mol. The summed E-state index contributed by atoms with van der Waals surface area (Å²) in [5, 5.41) is 8.57. The summed E-state index contributed by atoms with van der Waals surface area (Å²) in [6.45, 7) is 0. The predicted octanol–water partition coefficient (Wildman–Crippen LogP) is 2.04. The zero-order chi connectivity index (χ0) is 12.4. The molecule has 4 N–H and O–H groups in total. The number of nitrogens with two attached hydrogens (primary N) is 1. The number of anilines is 2. The highest BCUT2D eigenvalue weighted by Crippen LogP contribution is 2.18. The largest absolute Gasteiger partial charge is 0.394 e. The van der Waals surface area contributed by atoms with Gasteiger partial charge in [-0.1, -0.05) is 11.6 Å². The molecule has 1 aromatic carbocycles. The number of nitrogen functional groups attached to an aromatic ring is 1. The highest BCUT2D eigenvalue weighted by molar-refractivity contribution is 6.30. The quantitative estimate of drug-likeness (QED) is 0.767. The molecule has 0 aliphatic carbocycles. The Morgan fingerprint density at radius 1 is 1.53 bits per heavy atom. The standard InChI is InChI=1S/C10H8ClFN4O/c11-6-2-1-5(3-7(6)12)10(17)15-9-8(13)4-14-16-9/h1-4H,13H2,(H2,14,15,16,17). The van der Waals surface area contributed by atoms with E-state index in [-0.39, 0.29) is 16.4 Å². The summed E-state index contributed by atoms with van der Waals surface area (Å²) in [5.41, 5.74) is 5.96. The van der Waals surface area contributed by atoms with Gasteiger partial charge in [0.25, 0.3) is 5.91 Å². The normalized spacial score (nSPS) is 10.2. The van der Waals surface area contributed by atoms with Crippen molar-refractivity contribution in [1.82, 2.24) is 10.2 Å². The third-order valence-electron chi connectivity index (χ3n) is 2.09. The Bertz CT molecular complexity index is 569. The minimum absolute atomic E-state index is 0.0393. The molecule has 0 spiro atoms. The average Bonchev–Trinajstić information content (AvgIpc) is 2.68. The van der Waals surface area contributed by atoms with Crippen LogP contribution in [0.15, 0.2) is 24.4 Å². The van der Waals surface area contributed by atoms with Crippen molar-refractivity contribution in [2.24, 2.45) is 0 Å². The van der Waals surface area contributed by atoms with Gasteiger partial charge < -0.3 is 11.1 Å². The second-order valence-corrected chi connectivity index (χ2v) is 3.69. The van der Waals surface area contributed by atoms with Gasteiger partial charge in [0.1, 0.15) is 5.82 Å². The zero-order valence-corrected chi connectivity index (χ0v) is 9.25. The number of aromatic nitrogens is 2. The number of amides is 1. The number of aromatic amines is 1. The van der Waals surface area contributed by atoms with E-state index in [0.29, 0.717) is 5.69 Å². The summed E-state index contributed by atoms with van der Waals surface area (Å²) in [6.07, 6.45) is 1.36. The minimum atomic E-state index is -0.656. The summed E-state index contributed by atoms with van der Waals surface area (Å²) >= 11 is 5.51. The number of benzene rings is 1. The molecule has 0 fully saturated rings. The molecule has 5 nitrogen and oxygen atoms in total. The first-order valence-electron chi connectivity index (χ1n) is 4.63. The zero-order valence-electron chi connectivity index (χ0n) is 8.50. The number of hydrogen-bond acceptors (Lipinski definition) is 3. The lowest BCUT2D eigenvalue weighted by molar-refractivity contribution is 0.102. The number of H-pyrrole nitrogens is 1. The molecule has 17 heavy (non-hydrogen) atoms. The minimum Gasteiger partial charge on any atom is -0.394 e. The van der Waals surface area contributed by atoms with Crippen molar-refractivity contribution in [1.29, 1.82) is 0 Å². The fourth-order valence-corrected chi connectivity index (χ4v) is 1.34. The molecule has 0 radical (unpaired) electrons. The van der Waals surface area contributed by atoms with Crippen LogP contribution in [0.2, 0.25) is 5.02 Å². The maximum absolute atomic E-state index is 13.1. The van der Waals surface area contributed by atoms with Crippen LogP contribution in [0.5, 0.6) is 0 Å². The van der Waals surface area contributed by atoms with Crippen molar-refractivity contribution >= 4 is 29.0 Å². The van der Waals surface area contributed by atoms with Crippen LogP contribution in [0.25, 0.3) is 0 Å². The number of rotatable bonds is 2. The molecule has 0 aliphatic rings. The number of nitrogens with zero attached hydrogens (tertiary/aromatic N) is 1. The Labute approximate surface area is 101 Å². The molecule has 88 valence electrons. The molecule has 0 atom stereocenters. The summed E-state index contributed by atoms with van der Waals surface area (Å²) in [6, 6.07) is 3.76. The molecule has 0 unspecified atom stereocenters. The lowest BCUT2D eigenvalue weighted by Gasteiger charge is -2.04. The fourth-order valence-electron chi connectivity index (χ4n) is 1.22. The SMILES string of the molecule is Nc1cn[nH]c1NC(=O)c1ccc(Cl)c(F)c1. The third kappa shape index (κ3) is 2.36. The molecule has 0 bridgehead atoms. The lowest BCUT2D eigenvalue weighted by atomic mass is 10.2. The van der Waals surface area contributed by atoms with E-state index >= 15 is 0 Å². The van der Waals surface area contributed by atoms with Crippen molar-refractivity contribution in [2.45, 2.75) is 0 Å². The second kappa shape index (κ2) is 4.42. The summed E-state index contributed by atoms with van der Waals surface area (Å²) in [5.74, 6) is -0.890. The highest BCUT2D eigenvalue weighted by Gasteiger charge is 2.11. The molecule has 1 heterocycles. The molecule has 1 aromatic heterocycles. The molecule has 7 heteroatoms. The Hall–Kier alpha value is -2.08. The summed E-state index contributed by atoms with van der Waals surface area (Å²) in [4.78, 5) is 11.7. The Balaban J connectivity index is 2.20. The van der Waals surface area contributed by atoms with E-state index in [1.807, 2.05) is 0 Å². The van der Waals surface area contributed by atoms with Gasteiger partial charge in [0.15, 0.2) is 5.82 Å². The summed E-state index contributed by atoms with van der Waals surface area (Å²) in [7, 11) is 0. The molecule has 1 amide bonds. The number of carbonyl (C=O) groups excluding carboxylic acids is 1. The number of hydrogen-bond donors (Lipinski definition) is 3. The Kier molecular flexibility index (Phi) is 2.97. The van der Waals surface area contributed by atoms with E-state index in [0.717, 1.165) is 6.07 Å². The van der Waals surface area contributed by atoms with Gasteiger partial charge >= 0.3 is 0 Å². The Morgan fingerprint density at radius 2 is 2.29 bits per heavy atom. The van der Waals surface area contributed by atoms with Gasteiger partial charge in [0, 0.05) is 5.56 Å². The van der Waals surface area contributed by atoms with Gasteiger partial charge in [0.05, 0.1) is 16.9 Å². The van der Waals surface area contributed by atoms with Crippen LogP contribution in [0.4, 0.5) is 15.9 Å². The maximum atomic E-state index is 13.1. The van der Waals surface area contributed by atoms with E-state index in [9.17, 15) is 9.18 Å². The molecular formula is C10H8ClFN4O.